The predicted octanol–water partition coefficient (Wildman–Crippen LogP) is 2.73. The molecule has 1 aliphatic heterocycles. The molecular formula is C23H24N4O3. The van der Waals surface area contributed by atoms with Gasteiger partial charge in [0.25, 0.3) is 5.91 Å². The van der Waals surface area contributed by atoms with E-state index in [2.05, 4.69) is 15.6 Å². The van der Waals surface area contributed by atoms with Crippen LogP contribution < -0.4 is 10.6 Å². The van der Waals surface area contributed by atoms with E-state index in [4.69, 9.17) is 0 Å². The summed E-state index contributed by atoms with van der Waals surface area (Å²) in [5, 5.41) is 6.63. The van der Waals surface area contributed by atoms with Crippen LogP contribution in [0.3, 0.4) is 0 Å². The highest BCUT2D eigenvalue weighted by molar-refractivity contribution is 6.04. The van der Waals surface area contributed by atoms with E-state index in [1.165, 1.54) is 4.90 Å². The molecule has 4 amide bonds. The average molecular weight is 404 g/mol. The maximum Gasteiger partial charge on any atom is 0.324 e. The number of para-hydroxylation sites is 1. The second-order valence-corrected chi connectivity index (χ2v) is 7.40. The lowest BCUT2D eigenvalue weighted by Crippen LogP contribution is -2.33. The Bertz CT molecular complexity index is 1060. The first-order valence-corrected chi connectivity index (χ1v) is 10.1. The number of benzene rings is 2. The Hall–Kier alpha value is -3.61. The van der Waals surface area contributed by atoms with Gasteiger partial charge in [0.1, 0.15) is 6.04 Å². The first kappa shape index (κ1) is 19.7. The number of rotatable bonds is 8. The third-order valence-corrected chi connectivity index (χ3v) is 5.38. The Balaban J connectivity index is 1.26. The molecule has 0 bridgehead atoms. The van der Waals surface area contributed by atoms with Gasteiger partial charge in [0.05, 0.1) is 0 Å². The number of imide groups is 1. The number of amides is 4. The highest BCUT2D eigenvalue weighted by Gasteiger charge is 2.37. The van der Waals surface area contributed by atoms with Crippen LogP contribution in [0.4, 0.5) is 4.79 Å². The molecule has 7 nitrogen and oxygen atoms in total. The minimum atomic E-state index is -0.650. The van der Waals surface area contributed by atoms with E-state index >= 15 is 0 Å². The molecule has 0 unspecified atom stereocenters. The molecule has 3 N–H and O–H groups in total. The van der Waals surface area contributed by atoms with Crippen molar-refractivity contribution in [3.05, 3.63) is 71.9 Å². The number of carbonyl (C=O) groups is 3. The molecule has 1 aliphatic rings. The number of aromatic amines is 1. The zero-order chi connectivity index (χ0) is 20.9. The van der Waals surface area contributed by atoms with Gasteiger partial charge >= 0.3 is 6.03 Å². The maximum atomic E-state index is 12.6. The van der Waals surface area contributed by atoms with Crippen molar-refractivity contribution in [2.45, 2.75) is 31.8 Å². The van der Waals surface area contributed by atoms with Crippen molar-refractivity contribution < 1.29 is 14.4 Å². The van der Waals surface area contributed by atoms with E-state index in [1.54, 1.807) is 0 Å². The summed E-state index contributed by atoms with van der Waals surface area (Å²) in [5.41, 5.74) is 3.11. The summed E-state index contributed by atoms with van der Waals surface area (Å²) in [6.45, 7) is 0.755. The van der Waals surface area contributed by atoms with Crippen molar-refractivity contribution in [1.29, 1.82) is 0 Å². The second kappa shape index (κ2) is 8.82. The van der Waals surface area contributed by atoms with Gasteiger partial charge in [-0.25, -0.2) is 4.79 Å². The van der Waals surface area contributed by atoms with Gasteiger partial charge in [-0.3, -0.25) is 14.5 Å². The number of carbonyl (C=O) groups excluding carboxylic acids is 3. The zero-order valence-electron chi connectivity index (χ0n) is 16.6. The van der Waals surface area contributed by atoms with Crippen LogP contribution in [0.1, 0.15) is 24.0 Å². The van der Waals surface area contributed by atoms with Crippen LogP contribution in [0.5, 0.6) is 0 Å². The molecule has 0 spiro atoms. The molecule has 1 fully saturated rings. The SMILES string of the molecule is O=C(CC[C@@H]1NC(=O)N(CCc2c[nH]c3ccccc23)C1=O)NCc1ccccc1. The number of fused-ring (bicyclic) bond motifs is 1. The quantitative estimate of drug-likeness (QED) is 0.504. The summed E-state index contributed by atoms with van der Waals surface area (Å²) in [6, 6.07) is 16.5. The van der Waals surface area contributed by atoms with Crippen molar-refractivity contribution >= 4 is 28.7 Å². The van der Waals surface area contributed by atoms with Crippen molar-refractivity contribution in [2.75, 3.05) is 6.54 Å². The molecule has 1 aromatic heterocycles. The Labute approximate surface area is 174 Å². The topological polar surface area (TPSA) is 94.3 Å². The number of nitrogens with one attached hydrogen (secondary N) is 3. The van der Waals surface area contributed by atoms with Crippen LogP contribution >= 0.6 is 0 Å². The standard InChI is InChI=1S/C23H24N4O3/c28-21(25-14-16-6-2-1-3-7-16)11-10-20-22(29)27(23(30)26-20)13-12-17-15-24-19-9-5-4-8-18(17)19/h1-9,15,20,24H,10-14H2,(H,25,28)(H,26,30)/t20-/m0/s1. The van der Waals surface area contributed by atoms with Gasteiger partial charge in [-0.05, 0) is 30.0 Å². The average Bonchev–Trinajstić information content (AvgIpc) is 3.30. The fourth-order valence-electron chi connectivity index (χ4n) is 3.72. The van der Waals surface area contributed by atoms with Crippen LogP contribution in [0.2, 0.25) is 0 Å². The van der Waals surface area contributed by atoms with Gasteiger partial charge in [0.2, 0.25) is 5.91 Å². The van der Waals surface area contributed by atoms with E-state index in [-0.39, 0.29) is 24.7 Å². The summed E-state index contributed by atoms with van der Waals surface area (Å²) in [5.74, 6) is -0.408. The van der Waals surface area contributed by atoms with E-state index in [1.807, 2.05) is 60.8 Å². The lowest BCUT2D eigenvalue weighted by Gasteiger charge is -2.12. The Morgan fingerprint density at radius 2 is 1.80 bits per heavy atom. The van der Waals surface area contributed by atoms with E-state index in [0.717, 1.165) is 22.0 Å². The monoisotopic (exact) mass is 404 g/mol. The van der Waals surface area contributed by atoms with Gasteiger partial charge < -0.3 is 15.6 Å². The van der Waals surface area contributed by atoms with E-state index in [0.29, 0.717) is 19.5 Å². The highest BCUT2D eigenvalue weighted by Crippen LogP contribution is 2.19. The number of hydrogen-bond donors (Lipinski definition) is 3. The van der Waals surface area contributed by atoms with Crippen LogP contribution in [-0.2, 0) is 22.6 Å². The molecule has 7 heteroatoms. The second-order valence-electron chi connectivity index (χ2n) is 7.40. The summed E-state index contributed by atoms with van der Waals surface area (Å²) in [4.78, 5) is 41.4. The number of hydrogen-bond acceptors (Lipinski definition) is 3. The molecule has 0 aliphatic carbocycles. The number of urea groups is 1. The fraction of sp³-hybridized carbons (Fsp3) is 0.261. The molecule has 0 radical (unpaired) electrons. The summed E-state index contributed by atoms with van der Waals surface area (Å²) in [6.07, 6.45) is 2.96. The first-order chi connectivity index (χ1) is 14.6. The summed E-state index contributed by atoms with van der Waals surface area (Å²) >= 11 is 0. The van der Waals surface area contributed by atoms with Gasteiger partial charge in [-0.2, -0.15) is 0 Å². The largest absolute Gasteiger partial charge is 0.361 e. The van der Waals surface area contributed by atoms with Crippen LogP contribution in [0.25, 0.3) is 10.9 Å². The van der Waals surface area contributed by atoms with Gasteiger partial charge in [0.15, 0.2) is 0 Å². The molecule has 0 saturated carbocycles. The van der Waals surface area contributed by atoms with E-state index in [9.17, 15) is 14.4 Å². The van der Waals surface area contributed by atoms with Crippen LogP contribution in [-0.4, -0.2) is 40.3 Å². The minimum Gasteiger partial charge on any atom is -0.361 e. The molecule has 1 saturated heterocycles. The first-order valence-electron chi connectivity index (χ1n) is 10.1. The summed E-state index contributed by atoms with van der Waals surface area (Å²) in [7, 11) is 0. The number of H-pyrrole nitrogens is 1. The van der Waals surface area contributed by atoms with Gasteiger partial charge in [-0.1, -0.05) is 48.5 Å². The van der Waals surface area contributed by atoms with Crippen molar-refractivity contribution in [3.63, 3.8) is 0 Å². The molecule has 1 atom stereocenters. The number of nitrogens with zero attached hydrogens (tertiary/aromatic N) is 1. The van der Waals surface area contributed by atoms with Crippen LogP contribution in [0, 0.1) is 0 Å². The molecule has 4 rings (SSSR count). The molecule has 30 heavy (non-hydrogen) atoms. The molecule has 2 aromatic carbocycles. The minimum absolute atomic E-state index is 0.141. The molecule has 2 heterocycles. The molecular weight excluding hydrogens is 380 g/mol. The highest BCUT2D eigenvalue weighted by atomic mass is 16.2. The molecule has 3 aromatic rings. The molecule has 154 valence electrons. The predicted molar refractivity (Wildman–Crippen MR) is 114 cm³/mol. The number of aromatic nitrogens is 1. The lowest BCUT2D eigenvalue weighted by molar-refractivity contribution is -0.127. The van der Waals surface area contributed by atoms with Crippen molar-refractivity contribution in [2.24, 2.45) is 0 Å². The Morgan fingerprint density at radius 1 is 1.03 bits per heavy atom. The maximum absolute atomic E-state index is 12.6. The van der Waals surface area contributed by atoms with Crippen molar-refractivity contribution in [3.8, 4) is 0 Å². The normalized spacial score (nSPS) is 16.1. The van der Waals surface area contributed by atoms with Gasteiger partial charge in [-0.15, -0.1) is 0 Å². The third kappa shape index (κ3) is 4.35. The fourth-order valence-corrected chi connectivity index (χ4v) is 3.72. The Morgan fingerprint density at radius 3 is 2.63 bits per heavy atom. The third-order valence-electron chi connectivity index (χ3n) is 5.38. The summed E-state index contributed by atoms with van der Waals surface area (Å²) < 4.78 is 0. The van der Waals surface area contributed by atoms with Gasteiger partial charge in [0, 0.05) is 36.6 Å². The zero-order valence-corrected chi connectivity index (χ0v) is 16.6. The lowest BCUT2D eigenvalue weighted by atomic mass is 10.1. The van der Waals surface area contributed by atoms with E-state index < -0.39 is 12.1 Å². The van der Waals surface area contributed by atoms with Crippen LogP contribution in [0.15, 0.2) is 60.8 Å². The Kier molecular flexibility index (Phi) is 5.79. The smallest absolute Gasteiger partial charge is 0.324 e. The van der Waals surface area contributed by atoms with Crippen molar-refractivity contribution in [1.82, 2.24) is 20.5 Å².